The SMILES string of the molecule is CC(C)Oc1cccc(/C(O)=C2/C(=O)C(=O)N(c3ccc(Nc4ccccc4)cc3)C2c2ccc(O)cc2)c1. The number of hydrogen-bond donors (Lipinski definition) is 3. The van der Waals surface area contributed by atoms with Crippen molar-refractivity contribution >= 4 is 34.5 Å². The van der Waals surface area contributed by atoms with Gasteiger partial charge in [0, 0.05) is 22.6 Å². The molecule has 1 unspecified atom stereocenters. The molecule has 1 saturated heterocycles. The van der Waals surface area contributed by atoms with E-state index in [2.05, 4.69) is 5.32 Å². The van der Waals surface area contributed by atoms with Crippen LogP contribution in [0, 0.1) is 0 Å². The quantitative estimate of drug-likeness (QED) is 0.145. The zero-order valence-electron chi connectivity index (χ0n) is 21.5. The second-order valence-corrected chi connectivity index (χ2v) is 9.49. The Kier molecular flexibility index (Phi) is 7.06. The highest BCUT2D eigenvalue weighted by atomic mass is 16.5. The average molecular weight is 521 g/mol. The summed E-state index contributed by atoms with van der Waals surface area (Å²) >= 11 is 0. The number of ether oxygens (including phenoxy) is 1. The Morgan fingerprint density at radius 3 is 2.18 bits per heavy atom. The van der Waals surface area contributed by atoms with Crippen molar-refractivity contribution < 1.29 is 24.5 Å². The minimum absolute atomic E-state index is 0.0427. The topological polar surface area (TPSA) is 99.1 Å². The van der Waals surface area contributed by atoms with Gasteiger partial charge in [-0.3, -0.25) is 14.5 Å². The Morgan fingerprint density at radius 1 is 0.846 bits per heavy atom. The number of rotatable bonds is 7. The monoisotopic (exact) mass is 520 g/mol. The van der Waals surface area contributed by atoms with Gasteiger partial charge in [-0.15, -0.1) is 0 Å². The first-order chi connectivity index (χ1) is 18.8. The van der Waals surface area contributed by atoms with E-state index < -0.39 is 17.7 Å². The molecular formula is C32H28N2O5. The molecule has 5 rings (SSSR count). The molecule has 4 aromatic rings. The molecule has 1 atom stereocenters. The van der Waals surface area contributed by atoms with Crippen molar-refractivity contribution in [3.63, 3.8) is 0 Å². The second kappa shape index (κ2) is 10.8. The van der Waals surface area contributed by atoms with E-state index in [1.165, 1.54) is 17.0 Å². The predicted molar refractivity (Wildman–Crippen MR) is 151 cm³/mol. The van der Waals surface area contributed by atoms with Gasteiger partial charge in [0.15, 0.2) is 0 Å². The maximum atomic E-state index is 13.4. The van der Waals surface area contributed by atoms with Crippen LogP contribution < -0.4 is 15.0 Å². The number of Topliss-reactive ketones (excluding diaryl/α,β-unsaturated/α-hetero) is 1. The van der Waals surface area contributed by atoms with Gasteiger partial charge in [0.1, 0.15) is 17.3 Å². The van der Waals surface area contributed by atoms with Crippen LogP contribution in [0.25, 0.3) is 5.76 Å². The Bertz CT molecular complexity index is 1530. The lowest BCUT2D eigenvalue weighted by molar-refractivity contribution is -0.132. The zero-order valence-corrected chi connectivity index (χ0v) is 21.5. The smallest absolute Gasteiger partial charge is 0.300 e. The van der Waals surface area contributed by atoms with Crippen molar-refractivity contribution in [2.24, 2.45) is 0 Å². The number of carbonyl (C=O) groups excluding carboxylic acids is 2. The summed E-state index contributed by atoms with van der Waals surface area (Å²) in [6.45, 7) is 3.78. The molecule has 0 aliphatic carbocycles. The van der Waals surface area contributed by atoms with E-state index in [9.17, 15) is 19.8 Å². The highest BCUT2D eigenvalue weighted by molar-refractivity contribution is 6.51. The molecule has 7 nitrogen and oxygen atoms in total. The van der Waals surface area contributed by atoms with E-state index in [0.717, 1.165) is 11.4 Å². The highest BCUT2D eigenvalue weighted by Gasteiger charge is 2.47. The standard InChI is InChI=1S/C32H28N2O5/c1-20(2)39-27-10-6-7-22(19-27)30(36)28-29(21-11-17-26(35)18-12-21)34(32(38)31(28)37)25-15-13-24(14-16-25)33-23-8-4-3-5-9-23/h3-20,29,33,35-36H,1-2H3/b30-28-. The lowest BCUT2D eigenvalue weighted by Gasteiger charge is -2.25. The number of phenols is 1. The van der Waals surface area contributed by atoms with Crippen molar-refractivity contribution in [2.45, 2.75) is 26.0 Å². The molecule has 1 aliphatic rings. The molecule has 1 heterocycles. The maximum Gasteiger partial charge on any atom is 0.300 e. The van der Waals surface area contributed by atoms with Gasteiger partial charge in [0.05, 0.1) is 17.7 Å². The normalized spacial score (nSPS) is 16.5. The van der Waals surface area contributed by atoms with Gasteiger partial charge in [-0.05, 0) is 80.1 Å². The van der Waals surface area contributed by atoms with Crippen molar-refractivity contribution in [3.05, 3.63) is 120 Å². The fraction of sp³-hybridized carbons (Fsp3) is 0.125. The first-order valence-electron chi connectivity index (χ1n) is 12.6. The molecular weight excluding hydrogens is 492 g/mol. The Balaban J connectivity index is 1.57. The van der Waals surface area contributed by atoms with Crippen molar-refractivity contribution in [1.29, 1.82) is 0 Å². The predicted octanol–water partition coefficient (Wildman–Crippen LogP) is 6.55. The van der Waals surface area contributed by atoms with E-state index in [-0.39, 0.29) is 23.2 Å². The van der Waals surface area contributed by atoms with Crippen LogP contribution in [0.3, 0.4) is 0 Å². The maximum absolute atomic E-state index is 13.4. The van der Waals surface area contributed by atoms with Crippen LogP contribution in [0.15, 0.2) is 109 Å². The second-order valence-electron chi connectivity index (χ2n) is 9.49. The molecule has 1 fully saturated rings. The molecule has 1 amide bonds. The fourth-order valence-corrected chi connectivity index (χ4v) is 4.61. The van der Waals surface area contributed by atoms with Gasteiger partial charge in [0.25, 0.3) is 11.7 Å². The third-order valence-electron chi connectivity index (χ3n) is 6.34. The van der Waals surface area contributed by atoms with E-state index in [1.54, 1.807) is 48.5 Å². The van der Waals surface area contributed by atoms with E-state index in [1.807, 2.05) is 56.3 Å². The minimum Gasteiger partial charge on any atom is -0.508 e. The number of anilines is 3. The van der Waals surface area contributed by atoms with Crippen LogP contribution >= 0.6 is 0 Å². The van der Waals surface area contributed by atoms with Gasteiger partial charge in [0.2, 0.25) is 0 Å². The molecule has 3 N–H and O–H groups in total. The highest BCUT2D eigenvalue weighted by Crippen LogP contribution is 2.43. The Hall–Kier alpha value is -5.04. The first-order valence-corrected chi connectivity index (χ1v) is 12.6. The molecule has 0 bridgehead atoms. The van der Waals surface area contributed by atoms with Gasteiger partial charge in [-0.25, -0.2) is 0 Å². The molecule has 4 aromatic carbocycles. The summed E-state index contributed by atoms with van der Waals surface area (Å²) in [6.07, 6.45) is -0.0793. The lowest BCUT2D eigenvalue weighted by atomic mass is 9.95. The van der Waals surface area contributed by atoms with Gasteiger partial charge < -0.3 is 20.3 Å². The number of aliphatic hydroxyl groups excluding tert-OH is 1. The number of benzene rings is 4. The third-order valence-corrected chi connectivity index (χ3v) is 6.34. The number of amides is 1. The number of para-hydroxylation sites is 1. The Morgan fingerprint density at radius 2 is 1.51 bits per heavy atom. The Labute approximate surface area is 226 Å². The number of carbonyl (C=O) groups is 2. The summed E-state index contributed by atoms with van der Waals surface area (Å²) < 4.78 is 5.75. The minimum atomic E-state index is -0.909. The average Bonchev–Trinajstić information content (AvgIpc) is 3.19. The van der Waals surface area contributed by atoms with Crippen LogP contribution in [0.4, 0.5) is 17.1 Å². The molecule has 0 aromatic heterocycles. The van der Waals surface area contributed by atoms with Crippen LogP contribution in [-0.4, -0.2) is 28.0 Å². The zero-order chi connectivity index (χ0) is 27.5. The van der Waals surface area contributed by atoms with E-state index in [0.29, 0.717) is 22.6 Å². The first kappa shape index (κ1) is 25.6. The fourth-order valence-electron chi connectivity index (χ4n) is 4.61. The van der Waals surface area contributed by atoms with Crippen LogP contribution in [0.2, 0.25) is 0 Å². The van der Waals surface area contributed by atoms with E-state index >= 15 is 0 Å². The number of aliphatic hydroxyl groups is 1. The van der Waals surface area contributed by atoms with Crippen molar-refractivity contribution in [3.8, 4) is 11.5 Å². The molecule has 0 saturated carbocycles. The third kappa shape index (κ3) is 5.33. The molecule has 7 heteroatoms. The van der Waals surface area contributed by atoms with Crippen molar-refractivity contribution in [1.82, 2.24) is 0 Å². The summed E-state index contributed by atoms with van der Waals surface area (Å²) in [5, 5.41) is 24.6. The number of nitrogens with zero attached hydrogens (tertiary/aromatic N) is 1. The molecule has 0 radical (unpaired) electrons. The molecule has 0 spiro atoms. The number of aromatic hydroxyl groups is 1. The number of hydrogen-bond acceptors (Lipinski definition) is 6. The van der Waals surface area contributed by atoms with Crippen LogP contribution in [0.1, 0.15) is 31.0 Å². The largest absolute Gasteiger partial charge is 0.508 e. The molecule has 196 valence electrons. The summed E-state index contributed by atoms with van der Waals surface area (Å²) in [7, 11) is 0. The van der Waals surface area contributed by atoms with Gasteiger partial charge in [-0.2, -0.15) is 0 Å². The van der Waals surface area contributed by atoms with Gasteiger partial charge >= 0.3 is 0 Å². The number of phenolic OH excluding ortho intramolecular Hbond substituents is 1. The number of nitrogens with one attached hydrogen (secondary N) is 1. The van der Waals surface area contributed by atoms with Crippen LogP contribution in [-0.2, 0) is 9.59 Å². The summed E-state index contributed by atoms with van der Waals surface area (Å²) in [6, 6.07) is 28.9. The summed E-state index contributed by atoms with van der Waals surface area (Å²) in [5.74, 6) is -1.28. The van der Waals surface area contributed by atoms with E-state index in [4.69, 9.17) is 4.74 Å². The number of ketones is 1. The lowest BCUT2D eigenvalue weighted by Crippen LogP contribution is -2.29. The molecule has 1 aliphatic heterocycles. The molecule has 39 heavy (non-hydrogen) atoms. The summed E-state index contributed by atoms with van der Waals surface area (Å²) in [4.78, 5) is 28.2. The van der Waals surface area contributed by atoms with Crippen LogP contribution in [0.5, 0.6) is 11.5 Å². The summed E-state index contributed by atoms with van der Waals surface area (Å²) in [5.41, 5.74) is 3.10. The van der Waals surface area contributed by atoms with Gasteiger partial charge in [-0.1, -0.05) is 42.5 Å². The van der Waals surface area contributed by atoms with Crippen molar-refractivity contribution in [2.75, 3.05) is 10.2 Å².